The molecule has 0 saturated carbocycles. The average molecular weight is 536 g/mol. The first kappa shape index (κ1) is 26.4. The van der Waals surface area contributed by atoms with Crippen molar-refractivity contribution >= 4 is 49.7 Å². The van der Waals surface area contributed by atoms with Crippen LogP contribution in [0.2, 0.25) is 0 Å². The first-order valence-corrected chi connectivity index (χ1v) is 13.1. The molecule has 0 unspecified atom stereocenters. The van der Waals surface area contributed by atoms with Crippen LogP contribution in [0.5, 0.6) is 0 Å². The van der Waals surface area contributed by atoms with E-state index in [1.54, 1.807) is 32.0 Å². The average Bonchev–Trinajstić information content (AvgIpc) is 2.92. The van der Waals surface area contributed by atoms with Gasteiger partial charge in [-0.15, -0.1) is 0 Å². The van der Waals surface area contributed by atoms with Crippen molar-refractivity contribution in [2.75, 3.05) is 23.8 Å². The first-order chi connectivity index (χ1) is 18.3. The van der Waals surface area contributed by atoms with Crippen molar-refractivity contribution in [2.45, 2.75) is 18.7 Å². The van der Waals surface area contributed by atoms with Crippen LogP contribution in [-0.2, 0) is 10.0 Å². The maximum absolute atomic E-state index is 12.8. The van der Waals surface area contributed by atoms with Crippen molar-refractivity contribution in [2.24, 2.45) is 0 Å². The molecule has 4 aromatic rings. The summed E-state index contributed by atoms with van der Waals surface area (Å²) in [6.45, 7) is 4.17. The number of hydrogen-bond donors (Lipinski definition) is 3. The van der Waals surface area contributed by atoms with Crippen LogP contribution in [0.15, 0.2) is 78.0 Å². The maximum atomic E-state index is 12.8. The quantitative estimate of drug-likeness (QED) is 0.201. The van der Waals surface area contributed by atoms with Crippen LogP contribution < -0.4 is 16.2 Å². The number of hydrazine groups is 1. The Bertz CT molecular complexity index is 1580. The van der Waals surface area contributed by atoms with Gasteiger partial charge in [-0.05, 0) is 41.1 Å². The second-order valence-corrected chi connectivity index (χ2v) is 9.96. The molecule has 0 atom stereocenters. The monoisotopic (exact) mass is 535 g/mol. The molecule has 196 valence electrons. The summed E-state index contributed by atoms with van der Waals surface area (Å²) in [6, 6.07) is 18.4. The topological polar surface area (TPSA) is 159 Å². The molecule has 38 heavy (non-hydrogen) atoms. The van der Waals surface area contributed by atoms with E-state index in [4.69, 9.17) is 0 Å². The van der Waals surface area contributed by atoms with E-state index in [1.165, 1.54) is 28.6 Å². The molecular weight excluding hydrogens is 510 g/mol. The Morgan fingerprint density at radius 3 is 2.29 bits per heavy atom. The Morgan fingerprint density at radius 2 is 1.61 bits per heavy atom. The van der Waals surface area contributed by atoms with Gasteiger partial charge in [-0.3, -0.25) is 25.8 Å². The normalized spacial score (nSPS) is 11.3. The van der Waals surface area contributed by atoms with Gasteiger partial charge in [0.05, 0.1) is 9.82 Å². The van der Waals surface area contributed by atoms with Crippen LogP contribution in [-0.4, -0.2) is 46.6 Å². The van der Waals surface area contributed by atoms with Gasteiger partial charge >= 0.3 is 5.69 Å². The fraction of sp³-hybridized carbons (Fsp3) is 0.160. The predicted molar refractivity (Wildman–Crippen MR) is 144 cm³/mol. The van der Waals surface area contributed by atoms with Crippen molar-refractivity contribution in [3.8, 4) is 0 Å². The van der Waals surface area contributed by atoms with E-state index in [0.29, 0.717) is 24.3 Å². The fourth-order valence-electron chi connectivity index (χ4n) is 3.90. The smallest absolute Gasteiger partial charge is 0.334 e. The summed E-state index contributed by atoms with van der Waals surface area (Å²) in [6.07, 6.45) is 1.10. The maximum Gasteiger partial charge on any atom is 0.355 e. The molecule has 3 N–H and O–H groups in total. The lowest BCUT2D eigenvalue weighted by Gasteiger charge is -2.18. The molecule has 0 saturated heterocycles. The number of carbonyl (C=O) groups excluding carboxylic acids is 1. The molecule has 0 radical (unpaired) electrons. The molecule has 0 fully saturated rings. The second kappa shape index (κ2) is 11.2. The number of nitrogens with zero attached hydrogens (tertiary/aromatic N) is 4. The summed E-state index contributed by atoms with van der Waals surface area (Å²) in [7, 11) is -3.65. The Morgan fingerprint density at radius 1 is 0.947 bits per heavy atom. The zero-order valence-corrected chi connectivity index (χ0v) is 21.4. The Hall–Kier alpha value is -4.62. The van der Waals surface area contributed by atoms with Gasteiger partial charge in [-0.2, -0.15) is 4.31 Å². The third-order valence-electron chi connectivity index (χ3n) is 5.79. The second-order valence-electron chi connectivity index (χ2n) is 8.02. The van der Waals surface area contributed by atoms with Gasteiger partial charge < -0.3 is 5.32 Å². The molecule has 1 aromatic heterocycles. The number of rotatable bonds is 10. The molecule has 0 aliphatic carbocycles. The zero-order chi connectivity index (χ0) is 27.3. The number of fused-ring (bicyclic) bond motifs is 1. The fourth-order valence-corrected chi connectivity index (χ4v) is 5.36. The Labute approximate surface area is 218 Å². The van der Waals surface area contributed by atoms with Gasteiger partial charge in [0.2, 0.25) is 21.7 Å². The van der Waals surface area contributed by atoms with E-state index in [0.717, 1.165) is 17.1 Å². The predicted octanol–water partition coefficient (Wildman–Crippen LogP) is 4.07. The minimum atomic E-state index is -3.65. The number of anilines is 3. The molecular formula is C25H25N7O5S. The number of benzene rings is 3. The Balaban J connectivity index is 1.55. The highest BCUT2D eigenvalue weighted by Gasteiger charge is 2.25. The lowest BCUT2D eigenvalue weighted by Crippen LogP contribution is -2.30. The minimum absolute atomic E-state index is 0.0995. The number of nitrogens with one attached hydrogen (secondary N) is 3. The molecule has 0 aliphatic heterocycles. The third-order valence-corrected chi connectivity index (χ3v) is 7.86. The molecule has 1 heterocycles. The number of hydrogen-bond acceptors (Lipinski definition) is 9. The van der Waals surface area contributed by atoms with Crippen LogP contribution in [0.4, 0.5) is 23.0 Å². The summed E-state index contributed by atoms with van der Waals surface area (Å²) in [5, 5.41) is 16.3. The highest BCUT2D eigenvalue weighted by molar-refractivity contribution is 7.89. The standard InChI is InChI=1S/C25H25N7O5S/c1-3-31(4-2)38(36,37)19-14-12-18(13-15-19)28-23-22(32(34)35)24(27-16-26-23)29-30-25(33)21-11-7-9-17-8-5-6-10-20(17)21/h5-16H,3-4H2,1-2H3,(H,30,33)(H2,26,27,28,29). The van der Waals surface area contributed by atoms with Gasteiger partial charge in [0.1, 0.15) is 6.33 Å². The summed E-state index contributed by atoms with van der Waals surface area (Å²) in [5.41, 5.74) is 5.22. The SMILES string of the molecule is CCN(CC)S(=O)(=O)c1ccc(Nc2ncnc(NNC(=O)c3cccc4ccccc34)c2[N+](=O)[O-])cc1. The van der Waals surface area contributed by atoms with E-state index in [9.17, 15) is 23.3 Å². The van der Waals surface area contributed by atoms with Gasteiger partial charge in [0.25, 0.3) is 5.91 Å². The number of nitro groups is 1. The third kappa shape index (κ3) is 5.38. The summed E-state index contributed by atoms with van der Waals surface area (Å²) >= 11 is 0. The molecule has 1 amide bonds. The molecule has 0 spiro atoms. The summed E-state index contributed by atoms with van der Waals surface area (Å²) in [4.78, 5) is 32.0. The highest BCUT2D eigenvalue weighted by Crippen LogP contribution is 2.31. The summed E-state index contributed by atoms with van der Waals surface area (Å²) in [5.74, 6) is -0.887. The number of aromatic nitrogens is 2. The Kier molecular flexibility index (Phi) is 7.79. The van der Waals surface area contributed by atoms with Gasteiger partial charge in [0.15, 0.2) is 0 Å². The molecule has 13 heteroatoms. The van der Waals surface area contributed by atoms with Gasteiger partial charge in [-0.1, -0.05) is 50.2 Å². The van der Waals surface area contributed by atoms with Crippen molar-refractivity contribution in [1.29, 1.82) is 0 Å². The van der Waals surface area contributed by atoms with E-state index >= 15 is 0 Å². The van der Waals surface area contributed by atoms with Crippen molar-refractivity contribution in [3.05, 3.63) is 88.7 Å². The van der Waals surface area contributed by atoms with E-state index in [2.05, 4.69) is 26.1 Å². The van der Waals surface area contributed by atoms with Crippen molar-refractivity contribution < 1.29 is 18.1 Å². The number of amides is 1. The van der Waals surface area contributed by atoms with E-state index in [1.807, 2.05) is 24.3 Å². The molecule has 4 rings (SSSR count). The molecule has 0 bridgehead atoms. The molecule has 3 aromatic carbocycles. The largest absolute Gasteiger partial charge is 0.355 e. The highest BCUT2D eigenvalue weighted by atomic mass is 32.2. The van der Waals surface area contributed by atoms with Crippen LogP contribution >= 0.6 is 0 Å². The number of sulfonamides is 1. The van der Waals surface area contributed by atoms with Crippen LogP contribution in [0.1, 0.15) is 24.2 Å². The zero-order valence-electron chi connectivity index (χ0n) is 20.6. The van der Waals surface area contributed by atoms with Crippen LogP contribution in [0.3, 0.4) is 0 Å². The van der Waals surface area contributed by atoms with E-state index in [-0.39, 0.29) is 16.5 Å². The molecule has 0 aliphatic rings. The van der Waals surface area contributed by atoms with Crippen LogP contribution in [0, 0.1) is 10.1 Å². The number of carbonyl (C=O) groups is 1. The minimum Gasteiger partial charge on any atom is -0.334 e. The lowest BCUT2D eigenvalue weighted by molar-refractivity contribution is -0.383. The van der Waals surface area contributed by atoms with Gasteiger partial charge in [-0.25, -0.2) is 18.4 Å². The first-order valence-electron chi connectivity index (χ1n) is 11.7. The summed E-state index contributed by atoms with van der Waals surface area (Å²) < 4.78 is 26.7. The van der Waals surface area contributed by atoms with Crippen molar-refractivity contribution in [1.82, 2.24) is 19.7 Å². The molecule has 12 nitrogen and oxygen atoms in total. The van der Waals surface area contributed by atoms with Gasteiger partial charge in [0, 0.05) is 24.3 Å². The van der Waals surface area contributed by atoms with E-state index < -0.39 is 26.5 Å². The lowest BCUT2D eigenvalue weighted by atomic mass is 10.0. The van der Waals surface area contributed by atoms with Crippen molar-refractivity contribution in [3.63, 3.8) is 0 Å². The van der Waals surface area contributed by atoms with Crippen LogP contribution in [0.25, 0.3) is 10.8 Å².